The fourth-order valence-corrected chi connectivity index (χ4v) is 2.46. The van der Waals surface area contributed by atoms with Crippen molar-refractivity contribution in [3.05, 3.63) is 35.6 Å². The standard InChI is InChI=1S/C11H11ClN2S/c1-2-15-10-7-8(12)3-4-9(10)11-13-5-6-14-11/h3-7H,2H2,1H3,(H,13,14). The van der Waals surface area contributed by atoms with Gasteiger partial charge in [0.2, 0.25) is 0 Å². The largest absolute Gasteiger partial charge is 0.345 e. The van der Waals surface area contributed by atoms with Crippen molar-refractivity contribution in [3.63, 3.8) is 0 Å². The van der Waals surface area contributed by atoms with Crippen molar-refractivity contribution in [2.75, 3.05) is 5.75 Å². The lowest BCUT2D eigenvalue weighted by Crippen LogP contribution is -1.85. The summed E-state index contributed by atoms with van der Waals surface area (Å²) in [5.41, 5.74) is 1.11. The van der Waals surface area contributed by atoms with E-state index in [-0.39, 0.29) is 0 Å². The number of nitrogens with one attached hydrogen (secondary N) is 1. The molecule has 0 saturated heterocycles. The summed E-state index contributed by atoms with van der Waals surface area (Å²) >= 11 is 7.74. The normalized spacial score (nSPS) is 10.5. The number of benzene rings is 1. The highest BCUT2D eigenvalue weighted by atomic mass is 35.5. The molecule has 1 aromatic carbocycles. The van der Waals surface area contributed by atoms with Crippen LogP contribution in [0.15, 0.2) is 35.5 Å². The quantitative estimate of drug-likeness (QED) is 0.823. The van der Waals surface area contributed by atoms with Crippen LogP contribution in [0.4, 0.5) is 0 Å². The van der Waals surface area contributed by atoms with E-state index in [0.29, 0.717) is 0 Å². The second kappa shape index (κ2) is 4.73. The third kappa shape index (κ3) is 2.36. The van der Waals surface area contributed by atoms with E-state index in [1.165, 1.54) is 4.90 Å². The van der Waals surface area contributed by atoms with Crippen LogP contribution in [0, 0.1) is 0 Å². The average molecular weight is 239 g/mol. The Balaban J connectivity index is 2.46. The molecule has 78 valence electrons. The van der Waals surface area contributed by atoms with Crippen molar-refractivity contribution in [1.82, 2.24) is 9.97 Å². The highest BCUT2D eigenvalue weighted by molar-refractivity contribution is 7.99. The fourth-order valence-electron chi connectivity index (χ4n) is 1.38. The zero-order valence-corrected chi connectivity index (χ0v) is 9.90. The summed E-state index contributed by atoms with van der Waals surface area (Å²) in [7, 11) is 0. The van der Waals surface area contributed by atoms with E-state index in [1.54, 1.807) is 18.0 Å². The molecule has 0 aliphatic carbocycles. The lowest BCUT2D eigenvalue weighted by molar-refractivity contribution is 1.27. The first-order chi connectivity index (χ1) is 7.31. The van der Waals surface area contributed by atoms with Crippen molar-refractivity contribution < 1.29 is 0 Å². The zero-order chi connectivity index (χ0) is 10.7. The van der Waals surface area contributed by atoms with Gasteiger partial charge in [-0.3, -0.25) is 0 Å². The Bertz CT molecular complexity index is 440. The highest BCUT2D eigenvalue weighted by Crippen LogP contribution is 2.31. The van der Waals surface area contributed by atoms with Crippen molar-refractivity contribution in [2.24, 2.45) is 0 Å². The summed E-state index contributed by atoms with van der Waals surface area (Å²) in [5, 5.41) is 0.765. The van der Waals surface area contributed by atoms with Crippen molar-refractivity contribution >= 4 is 23.4 Å². The summed E-state index contributed by atoms with van der Waals surface area (Å²) in [6.45, 7) is 2.12. The van der Waals surface area contributed by atoms with Crippen molar-refractivity contribution in [1.29, 1.82) is 0 Å². The number of aromatic amines is 1. The van der Waals surface area contributed by atoms with E-state index in [2.05, 4.69) is 16.9 Å². The molecule has 2 rings (SSSR count). The Morgan fingerprint density at radius 2 is 2.33 bits per heavy atom. The summed E-state index contributed by atoms with van der Waals surface area (Å²) in [5.74, 6) is 1.91. The summed E-state index contributed by atoms with van der Waals surface area (Å²) in [6.07, 6.45) is 3.58. The molecule has 0 bridgehead atoms. The van der Waals surface area contributed by atoms with Crippen LogP contribution in [-0.2, 0) is 0 Å². The molecule has 0 saturated carbocycles. The number of hydrogen-bond donors (Lipinski definition) is 1. The number of rotatable bonds is 3. The molecular weight excluding hydrogens is 228 g/mol. The predicted octanol–water partition coefficient (Wildman–Crippen LogP) is 3.84. The lowest BCUT2D eigenvalue weighted by Gasteiger charge is -2.06. The Morgan fingerprint density at radius 1 is 1.47 bits per heavy atom. The highest BCUT2D eigenvalue weighted by Gasteiger charge is 2.07. The van der Waals surface area contributed by atoms with Gasteiger partial charge in [-0.05, 0) is 24.0 Å². The molecule has 1 N–H and O–H groups in total. The third-order valence-electron chi connectivity index (χ3n) is 2.00. The van der Waals surface area contributed by atoms with Gasteiger partial charge in [0.05, 0.1) is 0 Å². The molecule has 0 fully saturated rings. The van der Waals surface area contributed by atoms with Crippen LogP contribution in [0.3, 0.4) is 0 Å². The first kappa shape index (κ1) is 10.6. The maximum Gasteiger partial charge on any atom is 0.138 e. The number of thioether (sulfide) groups is 1. The predicted molar refractivity (Wildman–Crippen MR) is 65.4 cm³/mol. The maximum absolute atomic E-state index is 5.97. The van der Waals surface area contributed by atoms with Crippen molar-refractivity contribution in [2.45, 2.75) is 11.8 Å². The number of nitrogens with zero attached hydrogens (tertiary/aromatic N) is 1. The van der Waals surface area contributed by atoms with Crippen LogP contribution in [0.5, 0.6) is 0 Å². The maximum atomic E-state index is 5.97. The van der Waals surface area contributed by atoms with Gasteiger partial charge in [0.1, 0.15) is 5.82 Å². The summed E-state index contributed by atoms with van der Waals surface area (Å²) in [4.78, 5) is 8.52. The molecule has 2 aromatic rings. The van der Waals surface area contributed by atoms with E-state index in [1.807, 2.05) is 24.4 Å². The van der Waals surface area contributed by atoms with E-state index < -0.39 is 0 Å². The lowest BCUT2D eigenvalue weighted by atomic mass is 10.2. The Morgan fingerprint density at radius 3 is 3.00 bits per heavy atom. The van der Waals surface area contributed by atoms with E-state index in [0.717, 1.165) is 22.2 Å². The number of imidazole rings is 1. The zero-order valence-electron chi connectivity index (χ0n) is 8.33. The molecule has 1 aromatic heterocycles. The van der Waals surface area contributed by atoms with E-state index >= 15 is 0 Å². The molecule has 2 nitrogen and oxygen atoms in total. The SMILES string of the molecule is CCSc1cc(Cl)ccc1-c1ncc[nH]1. The van der Waals surface area contributed by atoms with Gasteiger partial charge in [-0.2, -0.15) is 0 Å². The number of halogens is 1. The molecule has 0 radical (unpaired) electrons. The van der Waals surface area contributed by atoms with Gasteiger partial charge in [-0.15, -0.1) is 11.8 Å². The van der Waals surface area contributed by atoms with Crippen LogP contribution >= 0.6 is 23.4 Å². The van der Waals surface area contributed by atoms with Gasteiger partial charge in [0.15, 0.2) is 0 Å². The molecule has 15 heavy (non-hydrogen) atoms. The summed E-state index contributed by atoms with van der Waals surface area (Å²) < 4.78 is 0. The van der Waals surface area contributed by atoms with Gasteiger partial charge < -0.3 is 4.98 Å². The number of hydrogen-bond acceptors (Lipinski definition) is 2. The van der Waals surface area contributed by atoms with Crippen LogP contribution in [0.25, 0.3) is 11.4 Å². The van der Waals surface area contributed by atoms with Crippen LogP contribution in [0.1, 0.15) is 6.92 Å². The first-order valence-electron chi connectivity index (χ1n) is 4.73. The minimum atomic E-state index is 0.765. The van der Waals surface area contributed by atoms with E-state index in [4.69, 9.17) is 11.6 Å². The van der Waals surface area contributed by atoms with Crippen LogP contribution in [0.2, 0.25) is 5.02 Å². The Kier molecular flexibility index (Phi) is 3.34. The fraction of sp³-hybridized carbons (Fsp3) is 0.182. The van der Waals surface area contributed by atoms with Crippen LogP contribution in [-0.4, -0.2) is 15.7 Å². The van der Waals surface area contributed by atoms with Crippen LogP contribution < -0.4 is 0 Å². The topological polar surface area (TPSA) is 28.7 Å². The molecule has 0 atom stereocenters. The minimum Gasteiger partial charge on any atom is -0.345 e. The van der Waals surface area contributed by atoms with E-state index in [9.17, 15) is 0 Å². The van der Waals surface area contributed by atoms with Gasteiger partial charge in [-0.1, -0.05) is 18.5 Å². The molecule has 4 heteroatoms. The molecule has 0 spiro atoms. The molecule has 0 unspecified atom stereocenters. The van der Waals surface area contributed by atoms with Gasteiger partial charge in [0.25, 0.3) is 0 Å². The average Bonchev–Trinajstić information content (AvgIpc) is 2.71. The number of aromatic nitrogens is 2. The van der Waals surface area contributed by atoms with Gasteiger partial charge in [0, 0.05) is 27.9 Å². The second-order valence-corrected chi connectivity index (χ2v) is 4.75. The monoisotopic (exact) mass is 238 g/mol. The smallest absolute Gasteiger partial charge is 0.138 e. The first-order valence-corrected chi connectivity index (χ1v) is 6.09. The third-order valence-corrected chi connectivity index (χ3v) is 3.17. The second-order valence-electron chi connectivity index (χ2n) is 3.01. The van der Waals surface area contributed by atoms with Gasteiger partial charge in [-0.25, -0.2) is 4.98 Å². The summed E-state index contributed by atoms with van der Waals surface area (Å²) in [6, 6.07) is 5.87. The molecule has 0 aliphatic heterocycles. The number of H-pyrrole nitrogens is 1. The van der Waals surface area contributed by atoms with Gasteiger partial charge >= 0.3 is 0 Å². The minimum absolute atomic E-state index is 0.765. The Hall–Kier alpha value is -0.930. The molecule has 1 heterocycles. The Labute approximate surface area is 98.1 Å². The van der Waals surface area contributed by atoms with Crippen molar-refractivity contribution in [3.8, 4) is 11.4 Å². The molecular formula is C11H11ClN2S. The molecule has 0 amide bonds. The molecule has 0 aliphatic rings.